The highest BCUT2D eigenvalue weighted by atomic mass is 35.5. The fourth-order valence-corrected chi connectivity index (χ4v) is 3.61. The first-order valence-electron chi connectivity index (χ1n) is 8.58. The molecule has 25 heavy (non-hydrogen) atoms. The smallest absolute Gasteiger partial charge is 0.0487 e. The van der Waals surface area contributed by atoms with Gasteiger partial charge < -0.3 is 15.2 Å². The zero-order chi connectivity index (χ0) is 18.0. The molecule has 0 saturated carbocycles. The molecule has 1 aliphatic heterocycles. The van der Waals surface area contributed by atoms with Gasteiger partial charge >= 0.3 is 0 Å². The van der Waals surface area contributed by atoms with Gasteiger partial charge in [0.2, 0.25) is 0 Å². The van der Waals surface area contributed by atoms with Crippen LogP contribution in [0, 0.1) is 0 Å². The number of hydrogen-bond acceptors (Lipinski definition) is 3. The molecule has 0 fully saturated rings. The Morgan fingerprint density at radius 1 is 1.44 bits per heavy atom. The summed E-state index contributed by atoms with van der Waals surface area (Å²) in [5.74, 6) is 0. The van der Waals surface area contributed by atoms with E-state index in [1.54, 1.807) is 6.20 Å². The van der Waals surface area contributed by atoms with Crippen LogP contribution in [0.25, 0.3) is 10.9 Å². The Morgan fingerprint density at radius 2 is 2.24 bits per heavy atom. The van der Waals surface area contributed by atoms with Gasteiger partial charge in [0.05, 0.1) is 0 Å². The second-order valence-corrected chi connectivity index (χ2v) is 7.15. The maximum absolute atomic E-state index is 6.25. The van der Waals surface area contributed by atoms with Gasteiger partial charge in [0.1, 0.15) is 0 Å². The third-order valence-corrected chi connectivity index (χ3v) is 4.93. The Balaban J connectivity index is 1.95. The topological polar surface area (TPSA) is 46.5 Å². The number of fused-ring (bicyclic) bond motifs is 3. The summed E-state index contributed by atoms with van der Waals surface area (Å²) in [6.45, 7) is 8.60. The average molecular weight is 357 g/mol. The number of aryl methyl sites for hydroxylation is 1. The molecule has 0 saturated heterocycles. The molecule has 2 heterocycles. The van der Waals surface area contributed by atoms with E-state index in [0.29, 0.717) is 0 Å². The van der Waals surface area contributed by atoms with Crippen molar-refractivity contribution in [1.82, 2.24) is 9.47 Å². The minimum Gasteiger partial charge on any atom is -0.404 e. The summed E-state index contributed by atoms with van der Waals surface area (Å²) in [5.41, 5.74) is 11.6. The third-order valence-electron chi connectivity index (χ3n) is 4.70. The summed E-state index contributed by atoms with van der Waals surface area (Å²) < 4.78 is 2.42. The van der Waals surface area contributed by atoms with Gasteiger partial charge in [0, 0.05) is 59.6 Å². The van der Waals surface area contributed by atoms with Crippen molar-refractivity contribution in [3.05, 3.63) is 58.5 Å². The van der Waals surface area contributed by atoms with Crippen LogP contribution in [0.5, 0.6) is 0 Å². The lowest BCUT2D eigenvalue weighted by atomic mass is 10.1. The van der Waals surface area contributed by atoms with Gasteiger partial charge in [-0.1, -0.05) is 18.2 Å². The van der Waals surface area contributed by atoms with E-state index in [9.17, 15) is 0 Å². The van der Waals surface area contributed by atoms with Crippen LogP contribution in [0.2, 0.25) is 5.02 Å². The van der Waals surface area contributed by atoms with Crippen molar-refractivity contribution >= 4 is 28.7 Å². The Bertz CT molecular complexity index is 860. The van der Waals surface area contributed by atoms with E-state index in [4.69, 9.17) is 17.3 Å². The van der Waals surface area contributed by atoms with E-state index >= 15 is 0 Å². The Hall–Kier alpha value is -2.04. The second-order valence-electron chi connectivity index (χ2n) is 6.71. The zero-order valence-electron chi connectivity index (χ0n) is 14.9. The molecular weight excluding hydrogens is 332 g/mol. The zero-order valence-corrected chi connectivity index (χ0v) is 15.7. The van der Waals surface area contributed by atoms with Gasteiger partial charge in [-0.05, 0) is 55.9 Å². The van der Waals surface area contributed by atoms with Crippen molar-refractivity contribution in [2.75, 3.05) is 13.6 Å². The number of aromatic nitrogens is 1. The predicted octanol–water partition coefficient (Wildman–Crippen LogP) is 4.12. The first-order chi connectivity index (χ1) is 12.0. The quantitative estimate of drug-likeness (QED) is 0.819. The first-order valence-corrected chi connectivity index (χ1v) is 8.95. The summed E-state index contributed by atoms with van der Waals surface area (Å²) >= 11 is 6.25. The van der Waals surface area contributed by atoms with Crippen LogP contribution in [0.3, 0.4) is 0 Å². The number of aliphatic imine (C=N–C) groups is 1. The van der Waals surface area contributed by atoms with E-state index in [0.717, 1.165) is 48.8 Å². The standard InChI is InChI=1S/C20H25ClN4/c1-14(2)23-12-15(11-22)6-9-25-19-5-4-16(21)10-17(19)18-13-24(3)8-7-20(18)25/h4-5,10-12H,1,6-9,13,22H2,2-3H3/b15-11-,23-12-. The minimum absolute atomic E-state index is 0.779. The molecule has 0 atom stereocenters. The molecule has 0 radical (unpaired) electrons. The Morgan fingerprint density at radius 3 is 2.96 bits per heavy atom. The normalized spacial score (nSPS) is 15.9. The minimum atomic E-state index is 0.779. The summed E-state index contributed by atoms with van der Waals surface area (Å²) in [6, 6.07) is 6.19. The van der Waals surface area contributed by atoms with E-state index in [1.807, 2.05) is 19.2 Å². The molecule has 1 aromatic carbocycles. The van der Waals surface area contributed by atoms with Gasteiger partial charge in [-0.15, -0.1) is 0 Å². The molecule has 0 bridgehead atoms. The highest BCUT2D eigenvalue weighted by Gasteiger charge is 2.22. The van der Waals surface area contributed by atoms with E-state index < -0.39 is 0 Å². The molecule has 0 amide bonds. The van der Waals surface area contributed by atoms with Gasteiger partial charge in [0.25, 0.3) is 0 Å². The average Bonchev–Trinajstić information content (AvgIpc) is 2.87. The fraction of sp³-hybridized carbons (Fsp3) is 0.350. The van der Waals surface area contributed by atoms with Gasteiger partial charge in [-0.25, -0.2) is 0 Å². The van der Waals surface area contributed by atoms with Crippen LogP contribution >= 0.6 is 11.6 Å². The lowest BCUT2D eigenvalue weighted by molar-refractivity contribution is 0.309. The van der Waals surface area contributed by atoms with Crippen molar-refractivity contribution in [2.45, 2.75) is 32.9 Å². The van der Waals surface area contributed by atoms with Gasteiger partial charge in [-0.3, -0.25) is 4.99 Å². The van der Waals surface area contributed by atoms with Crippen LogP contribution in [0.15, 0.2) is 47.2 Å². The number of allylic oxidation sites excluding steroid dienone is 2. The number of hydrogen-bond donors (Lipinski definition) is 1. The Kier molecular flexibility index (Phi) is 5.30. The summed E-state index contributed by atoms with van der Waals surface area (Å²) in [7, 11) is 2.17. The summed E-state index contributed by atoms with van der Waals surface area (Å²) in [4.78, 5) is 6.62. The van der Waals surface area contributed by atoms with Crippen molar-refractivity contribution in [2.24, 2.45) is 10.7 Å². The number of rotatable bonds is 5. The number of benzene rings is 1. The second kappa shape index (κ2) is 7.46. The largest absolute Gasteiger partial charge is 0.404 e. The van der Waals surface area contributed by atoms with E-state index in [1.165, 1.54) is 22.2 Å². The highest BCUT2D eigenvalue weighted by Crippen LogP contribution is 2.32. The molecular formula is C20H25ClN4. The molecule has 0 aliphatic carbocycles. The highest BCUT2D eigenvalue weighted by molar-refractivity contribution is 6.31. The number of nitrogens with zero attached hydrogens (tertiary/aromatic N) is 3. The molecule has 5 heteroatoms. The lowest BCUT2D eigenvalue weighted by Gasteiger charge is -2.24. The number of likely N-dealkylation sites (N-methyl/N-ethyl adjacent to an activating group) is 1. The monoisotopic (exact) mass is 356 g/mol. The molecule has 2 N–H and O–H groups in total. The number of nitrogens with two attached hydrogens (primary N) is 1. The van der Waals surface area contributed by atoms with Crippen LogP contribution in [0.4, 0.5) is 0 Å². The number of halogens is 1. The summed E-state index contributed by atoms with van der Waals surface area (Å²) in [6.07, 6.45) is 5.34. The molecule has 132 valence electrons. The van der Waals surface area contributed by atoms with E-state index in [-0.39, 0.29) is 0 Å². The predicted molar refractivity (Wildman–Crippen MR) is 107 cm³/mol. The van der Waals surface area contributed by atoms with E-state index in [2.05, 4.69) is 40.2 Å². The van der Waals surface area contributed by atoms with Crippen LogP contribution in [-0.2, 0) is 19.5 Å². The fourth-order valence-electron chi connectivity index (χ4n) is 3.44. The molecule has 1 aromatic heterocycles. The van der Waals surface area contributed by atoms with Crippen LogP contribution in [-0.4, -0.2) is 29.3 Å². The molecule has 1 aliphatic rings. The van der Waals surface area contributed by atoms with Crippen molar-refractivity contribution in [1.29, 1.82) is 0 Å². The van der Waals surface area contributed by atoms with Crippen molar-refractivity contribution < 1.29 is 0 Å². The Labute approximate surface area is 154 Å². The molecule has 2 aromatic rings. The molecule has 0 unspecified atom stereocenters. The third kappa shape index (κ3) is 3.80. The summed E-state index contributed by atoms with van der Waals surface area (Å²) in [5, 5.41) is 2.06. The van der Waals surface area contributed by atoms with Crippen molar-refractivity contribution in [3.8, 4) is 0 Å². The molecule has 0 spiro atoms. The SMILES string of the molecule is C=C(C)/N=C\C(=C/N)CCn1c2c(c3cc(Cl)ccc31)CN(C)CC2. The maximum atomic E-state index is 6.25. The van der Waals surface area contributed by atoms with Crippen molar-refractivity contribution in [3.63, 3.8) is 0 Å². The molecule has 4 nitrogen and oxygen atoms in total. The van der Waals surface area contributed by atoms with Gasteiger partial charge in [0.15, 0.2) is 0 Å². The van der Waals surface area contributed by atoms with Crippen LogP contribution in [0.1, 0.15) is 24.6 Å². The van der Waals surface area contributed by atoms with Crippen LogP contribution < -0.4 is 5.73 Å². The molecule has 3 rings (SSSR count). The van der Waals surface area contributed by atoms with Gasteiger partial charge in [-0.2, -0.15) is 0 Å². The first kappa shape index (κ1) is 17.8. The lowest BCUT2D eigenvalue weighted by Crippen LogP contribution is -2.27. The maximum Gasteiger partial charge on any atom is 0.0487 e.